The summed E-state index contributed by atoms with van der Waals surface area (Å²) in [4.78, 5) is 23.0. The molecule has 1 N–H and O–H groups in total. The molecule has 0 radical (unpaired) electrons. The van der Waals surface area contributed by atoms with Crippen LogP contribution in [-0.2, 0) is 11.2 Å². The van der Waals surface area contributed by atoms with Crippen molar-refractivity contribution >= 4 is 16.9 Å². The molecule has 5 heteroatoms. The van der Waals surface area contributed by atoms with Crippen LogP contribution >= 0.6 is 0 Å². The summed E-state index contributed by atoms with van der Waals surface area (Å²) < 4.78 is 5.76. The number of piperidine rings is 1. The second kappa shape index (κ2) is 7.53. The van der Waals surface area contributed by atoms with Crippen molar-refractivity contribution in [2.45, 2.75) is 38.3 Å². The largest absolute Gasteiger partial charge is 0.379 e. The van der Waals surface area contributed by atoms with Crippen LogP contribution in [0.2, 0.25) is 0 Å². The molecule has 1 aromatic heterocycles. The molecule has 140 valence electrons. The Labute approximate surface area is 159 Å². The van der Waals surface area contributed by atoms with Gasteiger partial charge in [0.2, 0.25) is 0 Å². The van der Waals surface area contributed by atoms with Crippen molar-refractivity contribution in [1.82, 2.24) is 14.9 Å². The number of nitrogens with one attached hydrogen (secondary N) is 1. The molecule has 4 rings (SSSR count). The van der Waals surface area contributed by atoms with E-state index >= 15 is 0 Å². The van der Waals surface area contributed by atoms with Gasteiger partial charge in [-0.05, 0) is 49.9 Å². The molecule has 27 heavy (non-hydrogen) atoms. The lowest BCUT2D eigenvalue weighted by atomic mass is 9.92. The van der Waals surface area contributed by atoms with Crippen LogP contribution in [0, 0.1) is 6.92 Å². The molecule has 1 amide bonds. The molecule has 2 aromatic carbocycles. The van der Waals surface area contributed by atoms with Crippen molar-refractivity contribution in [2.75, 3.05) is 13.7 Å². The number of benzene rings is 2. The van der Waals surface area contributed by atoms with E-state index in [0.717, 1.165) is 42.7 Å². The highest BCUT2D eigenvalue weighted by molar-refractivity contribution is 5.97. The first kappa shape index (κ1) is 17.7. The molecule has 0 saturated carbocycles. The van der Waals surface area contributed by atoms with Gasteiger partial charge in [0.05, 0.1) is 23.2 Å². The number of aromatic amines is 1. The van der Waals surface area contributed by atoms with Gasteiger partial charge in [0.1, 0.15) is 5.82 Å². The van der Waals surface area contributed by atoms with E-state index in [1.165, 1.54) is 5.56 Å². The van der Waals surface area contributed by atoms with Crippen molar-refractivity contribution < 1.29 is 9.53 Å². The summed E-state index contributed by atoms with van der Waals surface area (Å²) in [5.41, 5.74) is 3.71. The molecule has 0 aliphatic carbocycles. The Morgan fingerprint density at radius 2 is 2.07 bits per heavy atom. The highest BCUT2D eigenvalue weighted by atomic mass is 16.5. The van der Waals surface area contributed by atoms with E-state index in [2.05, 4.69) is 22.1 Å². The molecule has 0 spiro atoms. The number of hydrogen-bond acceptors (Lipinski definition) is 3. The Bertz CT molecular complexity index is 935. The van der Waals surface area contributed by atoms with Gasteiger partial charge < -0.3 is 14.6 Å². The van der Waals surface area contributed by atoms with Crippen LogP contribution in [0.1, 0.15) is 34.6 Å². The van der Waals surface area contributed by atoms with Crippen LogP contribution in [0.25, 0.3) is 11.0 Å². The van der Waals surface area contributed by atoms with Crippen LogP contribution in [-0.4, -0.2) is 46.6 Å². The summed E-state index contributed by atoms with van der Waals surface area (Å²) in [6, 6.07) is 16.1. The topological polar surface area (TPSA) is 58.2 Å². The van der Waals surface area contributed by atoms with E-state index in [4.69, 9.17) is 4.74 Å². The third-order valence-corrected chi connectivity index (χ3v) is 5.42. The van der Waals surface area contributed by atoms with Gasteiger partial charge in [0.15, 0.2) is 0 Å². The van der Waals surface area contributed by atoms with Crippen molar-refractivity contribution in [3.8, 4) is 0 Å². The number of fused-ring (bicyclic) bond motifs is 1. The fourth-order valence-electron chi connectivity index (χ4n) is 4.08. The average molecular weight is 363 g/mol. The van der Waals surface area contributed by atoms with E-state index in [-0.39, 0.29) is 18.1 Å². The number of likely N-dealkylation sites (tertiary alicyclic amines) is 1. The minimum atomic E-state index is 0.0397. The maximum atomic E-state index is 13.3. The number of amides is 1. The molecule has 0 unspecified atom stereocenters. The number of aryl methyl sites for hydroxylation is 1. The third-order valence-electron chi connectivity index (χ3n) is 5.42. The fourth-order valence-corrected chi connectivity index (χ4v) is 4.08. The number of carbonyl (C=O) groups is 1. The van der Waals surface area contributed by atoms with Gasteiger partial charge in [0, 0.05) is 19.2 Å². The number of aromatic nitrogens is 2. The van der Waals surface area contributed by atoms with E-state index in [1.807, 2.05) is 48.2 Å². The lowest BCUT2D eigenvalue weighted by Crippen LogP contribution is -2.52. The average Bonchev–Trinajstić information content (AvgIpc) is 3.07. The summed E-state index contributed by atoms with van der Waals surface area (Å²) in [6.07, 6.45) is 2.80. The summed E-state index contributed by atoms with van der Waals surface area (Å²) in [6.45, 7) is 2.68. The van der Waals surface area contributed by atoms with E-state index in [9.17, 15) is 4.79 Å². The van der Waals surface area contributed by atoms with Gasteiger partial charge in [-0.1, -0.05) is 30.3 Å². The first-order chi connectivity index (χ1) is 13.2. The molecule has 1 aliphatic rings. The molecule has 5 nitrogen and oxygen atoms in total. The van der Waals surface area contributed by atoms with Crippen LogP contribution in [0.3, 0.4) is 0 Å². The third kappa shape index (κ3) is 3.60. The summed E-state index contributed by atoms with van der Waals surface area (Å²) in [5, 5.41) is 0. The van der Waals surface area contributed by atoms with Crippen molar-refractivity contribution in [1.29, 1.82) is 0 Å². The maximum Gasteiger partial charge on any atom is 0.254 e. The molecule has 3 aromatic rings. The summed E-state index contributed by atoms with van der Waals surface area (Å²) >= 11 is 0. The van der Waals surface area contributed by atoms with Gasteiger partial charge in [-0.15, -0.1) is 0 Å². The minimum absolute atomic E-state index is 0.0397. The Morgan fingerprint density at radius 3 is 2.85 bits per heavy atom. The van der Waals surface area contributed by atoms with Crippen molar-refractivity contribution in [3.63, 3.8) is 0 Å². The lowest BCUT2D eigenvalue weighted by molar-refractivity contribution is -0.0117. The Hall–Kier alpha value is -2.66. The van der Waals surface area contributed by atoms with Gasteiger partial charge in [-0.3, -0.25) is 4.79 Å². The second-order valence-corrected chi connectivity index (χ2v) is 7.23. The first-order valence-corrected chi connectivity index (χ1v) is 9.50. The smallest absolute Gasteiger partial charge is 0.254 e. The Morgan fingerprint density at radius 1 is 1.26 bits per heavy atom. The molecule has 1 fully saturated rings. The van der Waals surface area contributed by atoms with Gasteiger partial charge >= 0.3 is 0 Å². The highest BCUT2D eigenvalue weighted by Gasteiger charge is 2.35. The minimum Gasteiger partial charge on any atom is -0.379 e. The van der Waals surface area contributed by atoms with E-state index in [1.54, 1.807) is 7.11 Å². The van der Waals surface area contributed by atoms with Gasteiger partial charge in [-0.2, -0.15) is 0 Å². The number of carbonyl (C=O) groups excluding carboxylic acids is 1. The summed E-state index contributed by atoms with van der Waals surface area (Å²) in [7, 11) is 1.75. The van der Waals surface area contributed by atoms with Crippen LogP contribution < -0.4 is 0 Å². The molecular formula is C22H25N3O2. The lowest BCUT2D eigenvalue weighted by Gasteiger charge is -2.41. The number of imidazole rings is 1. The first-order valence-electron chi connectivity index (χ1n) is 9.50. The molecule has 1 aliphatic heterocycles. The number of hydrogen-bond donors (Lipinski definition) is 1. The van der Waals surface area contributed by atoms with E-state index in [0.29, 0.717) is 5.56 Å². The number of H-pyrrole nitrogens is 1. The normalized spacial score (nSPS) is 20.1. The summed E-state index contributed by atoms with van der Waals surface area (Å²) in [5.74, 6) is 0.917. The molecular weight excluding hydrogens is 338 g/mol. The molecule has 0 bridgehead atoms. The van der Waals surface area contributed by atoms with Crippen LogP contribution in [0.5, 0.6) is 0 Å². The predicted octanol–water partition coefficient (Wildman–Crippen LogP) is 3.73. The van der Waals surface area contributed by atoms with Crippen molar-refractivity contribution in [2.24, 2.45) is 0 Å². The van der Waals surface area contributed by atoms with Gasteiger partial charge in [-0.25, -0.2) is 4.98 Å². The number of nitrogens with zero attached hydrogens (tertiary/aromatic N) is 2. The standard InChI is InChI=1S/C22H25N3O2/c1-15-23-18-11-10-17(14-19(18)24-15)22(26)25-12-6-9-21(27-2)20(25)13-16-7-4-3-5-8-16/h3-5,7-8,10-11,14,20-21H,6,9,12-13H2,1-2H3,(H,23,24)/t20-,21-/m0/s1. The quantitative estimate of drug-likeness (QED) is 0.768. The predicted molar refractivity (Wildman–Crippen MR) is 106 cm³/mol. The Kier molecular flexibility index (Phi) is 4.94. The van der Waals surface area contributed by atoms with Gasteiger partial charge in [0.25, 0.3) is 5.91 Å². The number of rotatable bonds is 4. The zero-order valence-electron chi connectivity index (χ0n) is 15.8. The Balaban J connectivity index is 1.63. The maximum absolute atomic E-state index is 13.3. The molecule has 1 saturated heterocycles. The van der Waals surface area contributed by atoms with Crippen LogP contribution in [0.15, 0.2) is 48.5 Å². The second-order valence-electron chi connectivity index (χ2n) is 7.23. The number of ether oxygens (including phenoxy) is 1. The monoisotopic (exact) mass is 363 g/mol. The molecule has 2 heterocycles. The zero-order valence-corrected chi connectivity index (χ0v) is 15.8. The van der Waals surface area contributed by atoms with Crippen molar-refractivity contribution in [3.05, 3.63) is 65.5 Å². The zero-order chi connectivity index (χ0) is 18.8. The SMILES string of the molecule is CO[C@H]1CCCN(C(=O)c2ccc3nc(C)[nH]c3c2)[C@H]1Cc1ccccc1. The van der Waals surface area contributed by atoms with Crippen LogP contribution in [0.4, 0.5) is 0 Å². The highest BCUT2D eigenvalue weighted by Crippen LogP contribution is 2.26. The number of methoxy groups -OCH3 is 1. The molecule has 2 atom stereocenters. The van der Waals surface area contributed by atoms with E-state index < -0.39 is 0 Å². The fraction of sp³-hybridized carbons (Fsp3) is 0.364.